The maximum Gasteiger partial charge on any atom is 0.168 e. The van der Waals surface area contributed by atoms with E-state index in [4.69, 9.17) is 4.74 Å². The summed E-state index contributed by atoms with van der Waals surface area (Å²) in [5, 5.41) is 3.38. The molecule has 0 amide bonds. The number of ether oxygens (including phenoxy) is 1. The highest BCUT2D eigenvalue weighted by molar-refractivity contribution is 9.09. The first-order chi connectivity index (χ1) is 8.13. The Morgan fingerprint density at radius 2 is 2.24 bits per heavy atom. The Kier molecular flexibility index (Phi) is 6.34. The van der Waals surface area contributed by atoms with Gasteiger partial charge in [-0.05, 0) is 31.9 Å². The molecule has 0 bridgehead atoms. The Balaban J connectivity index is 2.62. The van der Waals surface area contributed by atoms with Crippen molar-refractivity contribution in [2.45, 2.75) is 44.5 Å². The van der Waals surface area contributed by atoms with E-state index in [2.05, 4.69) is 47.0 Å². The van der Waals surface area contributed by atoms with E-state index in [1.807, 2.05) is 12.1 Å². The summed E-state index contributed by atoms with van der Waals surface area (Å²) >= 11 is 3.56. The molecule has 0 aliphatic carbocycles. The van der Waals surface area contributed by atoms with E-state index in [0.29, 0.717) is 10.9 Å². The molecule has 1 heterocycles. The van der Waals surface area contributed by atoms with Gasteiger partial charge in [-0.1, -0.05) is 29.8 Å². The lowest BCUT2D eigenvalue weighted by molar-refractivity contribution is 0.317. The van der Waals surface area contributed by atoms with Gasteiger partial charge in [0.25, 0.3) is 0 Å². The maximum absolute atomic E-state index is 5.66. The molecule has 1 N–H and O–H groups in total. The van der Waals surface area contributed by atoms with E-state index in [9.17, 15) is 0 Å². The smallest absolute Gasteiger partial charge is 0.168 e. The summed E-state index contributed by atoms with van der Waals surface area (Å²) in [7, 11) is 0. The van der Waals surface area contributed by atoms with Gasteiger partial charge in [0.1, 0.15) is 0 Å². The van der Waals surface area contributed by atoms with Crippen LogP contribution in [-0.4, -0.2) is 22.5 Å². The summed E-state index contributed by atoms with van der Waals surface area (Å²) in [4.78, 5) is 4.82. The third-order valence-corrected chi connectivity index (χ3v) is 2.67. The normalized spacial score (nSPS) is 14.1. The fourth-order valence-corrected chi connectivity index (χ4v) is 2.17. The number of nitrogens with zero attached hydrogens (tertiary/aromatic N) is 1. The van der Waals surface area contributed by atoms with Crippen molar-refractivity contribution in [2.24, 2.45) is 0 Å². The van der Waals surface area contributed by atoms with E-state index >= 15 is 0 Å². The number of alkyl halides is 1. The fraction of sp³-hybridized carbons (Fsp3) is 0.615. The van der Waals surface area contributed by atoms with Crippen LogP contribution in [0.15, 0.2) is 18.3 Å². The molecule has 0 spiro atoms. The van der Waals surface area contributed by atoms with Crippen LogP contribution in [0.1, 0.15) is 33.6 Å². The Bertz CT molecular complexity index is 331. The van der Waals surface area contributed by atoms with Gasteiger partial charge in [-0.3, -0.25) is 0 Å². The second-order valence-corrected chi connectivity index (χ2v) is 5.82. The maximum atomic E-state index is 5.66. The summed E-state index contributed by atoms with van der Waals surface area (Å²) in [6.07, 6.45) is 3.83. The molecular formula is C13H21BrN2O. The molecule has 0 aliphatic rings. The van der Waals surface area contributed by atoms with Gasteiger partial charge in [-0.2, -0.15) is 0 Å². The molecule has 2 unspecified atom stereocenters. The molecule has 4 heteroatoms. The van der Waals surface area contributed by atoms with Crippen LogP contribution < -0.4 is 10.1 Å². The predicted molar refractivity (Wildman–Crippen MR) is 76.1 cm³/mol. The van der Waals surface area contributed by atoms with Crippen LogP contribution in [0.4, 0.5) is 5.82 Å². The second-order valence-electron chi connectivity index (χ2n) is 4.26. The average molecular weight is 301 g/mol. The van der Waals surface area contributed by atoms with Crippen LogP contribution in [0.3, 0.4) is 0 Å². The number of rotatable bonds is 7. The Labute approximate surface area is 112 Å². The molecule has 0 fully saturated rings. The predicted octanol–water partition coefficient (Wildman–Crippen LogP) is 3.84. The number of hydrogen-bond donors (Lipinski definition) is 1. The zero-order chi connectivity index (χ0) is 12.7. The zero-order valence-electron chi connectivity index (χ0n) is 10.7. The van der Waals surface area contributed by atoms with E-state index in [-0.39, 0.29) is 0 Å². The van der Waals surface area contributed by atoms with Crippen molar-refractivity contribution in [1.29, 1.82) is 0 Å². The standard InChI is InChI=1S/C13H21BrN2O/c1-4-8-17-12-6-5-7-15-13(12)16-11(3)9-10(2)14/h5-7,10-11H,4,8-9H2,1-3H3,(H,15,16). The van der Waals surface area contributed by atoms with Gasteiger partial charge in [-0.15, -0.1) is 0 Å². The molecular weight excluding hydrogens is 280 g/mol. The van der Waals surface area contributed by atoms with Gasteiger partial charge < -0.3 is 10.1 Å². The third-order valence-electron chi connectivity index (χ3n) is 2.29. The van der Waals surface area contributed by atoms with Crippen molar-refractivity contribution in [3.8, 4) is 5.75 Å². The van der Waals surface area contributed by atoms with Crippen LogP contribution in [0.2, 0.25) is 0 Å². The van der Waals surface area contributed by atoms with Crippen LogP contribution in [-0.2, 0) is 0 Å². The highest BCUT2D eigenvalue weighted by Crippen LogP contribution is 2.23. The summed E-state index contributed by atoms with van der Waals surface area (Å²) in [6, 6.07) is 4.21. The molecule has 17 heavy (non-hydrogen) atoms. The van der Waals surface area contributed by atoms with Gasteiger partial charge in [0, 0.05) is 17.1 Å². The molecule has 0 saturated carbocycles. The third kappa shape index (κ3) is 5.39. The highest BCUT2D eigenvalue weighted by atomic mass is 79.9. The van der Waals surface area contributed by atoms with Crippen molar-refractivity contribution >= 4 is 21.7 Å². The van der Waals surface area contributed by atoms with Crippen LogP contribution >= 0.6 is 15.9 Å². The van der Waals surface area contributed by atoms with E-state index in [1.54, 1.807) is 6.20 Å². The minimum absolute atomic E-state index is 0.364. The largest absolute Gasteiger partial charge is 0.490 e. The van der Waals surface area contributed by atoms with Crippen LogP contribution in [0, 0.1) is 0 Å². The number of halogens is 1. The number of nitrogens with one attached hydrogen (secondary N) is 1. The number of aromatic nitrogens is 1. The first kappa shape index (κ1) is 14.3. The van der Waals surface area contributed by atoms with Gasteiger partial charge in [0.15, 0.2) is 11.6 Å². The molecule has 0 aliphatic heterocycles. The molecule has 2 atom stereocenters. The van der Waals surface area contributed by atoms with E-state index in [1.165, 1.54) is 0 Å². The molecule has 0 aromatic carbocycles. The molecule has 1 aromatic rings. The number of pyridine rings is 1. The minimum atomic E-state index is 0.364. The lowest BCUT2D eigenvalue weighted by Gasteiger charge is -2.18. The number of anilines is 1. The second kappa shape index (κ2) is 7.54. The zero-order valence-corrected chi connectivity index (χ0v) is 12.3. The molecule has 1 rings (SSSR count). The lowest BCUT2D eigenvalue weighted by Crippen LogP contribution is -2.19. The summed E-state index contributed by atoms with van der Waals surface area (Å²) in [5.74, 6) is 1.67. The van der Waals surface area contributed by atoms with Gasteiger partial charge in [-0.25, -0.2) is 4.98 Å². The molecule has 0 radical (unpaired) electrons. The summed E-state index contributed by atoms with van der Waals surface area (Å²) in [5.41, 5.74) is 0. The fourth-order valence-electron chi connectivity index (χ4n) is 1.61. The Morgan fingerprint density at radius 3 is 2.88 bits per heavy atom. The van der Waals surface area contributed by atoms with Crippen molar-refractivity contribution in [2.75, 3.05) is 11.9 Å². The minimum Gasteiger partial charge on any atom is -0.490 e. The topological polar surface area (TPSA) is 34.1 Å². The van der Waals surface area contributed by atoms with Crippen molar-refractivity contribution in [3.05, 3.63) is 18.3 Å². The quantitative estimate of drug-likeness (QED) is 0.777. The number of hydrogen-bond acceptors (Lipinski definition) is 3. The summed E-state index contributed by atoms with van der Waals surface area (Å²) < 4.78 is 5.66. The molecule has 96 valence electrons. The van der Waals surface area contributed by atoms with Crippen molar-refractivity contribution in [1.82, 2.24) is 4.98 Å². The first-order valence-electron chi connectivity index (χ1n) is 6.12. The molecule has 0 saturated heterocycles. The van der Waals surface area contributed by atoms with Crippen LogP contribution in [0.5, 0.6) is 5.75 Å². The monoisotopic (exact) mass is 300 g/mol. The van der Waals surface area contributed by atoms with Gasteiger partial charge in [0.2, 0.25) is 0 Å². The van der Waals surface area contributed by atoms with Crippen LogP contribution in [0.25, 0.3) is 0 Å². The van der Waals surface area contributed by atoms with E-state index < -0.39 is 0 Å². The molecule has 3 nitrogen and oxygen atoms in total. The van der Waals surface area contributed by atoms with E-state index in [0.717, 1.165) is 31.0 Å². The van der Waals surface area contributed by atoms with Crippen molar-refractivity contribution < 1.29 is 4.74 Å². The highest BCUT2D eigenvalue weighted by Gasteiger charge is 2.10. The first-order valence-corrected chi connectivity index (χ1v) is 7.03. The van der Waals surface area contributed by atoms with Gasteiger partial charge >= 0.3 is 0 Å². The lowest BCUT2D eigenvalue weighted by atomic mass is 10.2. The Morgan fingerprint density at radius 1 is 1.47 bits per heavy atom. The SMILES string of the molecule is CCCOc1cccnc1NC(C)CC(C)Br. The Hall–Kier alpha value is -0.770. The van der Waals surface area contributed by atoms with Gasteiger partial charge in [0.05, 0.1) is 6.61 Å². The molecule has 1 aromatic heterocycles. The van der Waals surface area contributed by atoms with Crippen molar-refractivity contribution in [3.63, 3.8) is 0 Å². The average Bonchev–Trinajstić information content (AvgIpc) is 2.26. The summed E-state index contributed by atoms with van der Waals surface area (Å²) in [6.45, 7) is 7.11.